The number of aliphatic hydroxyl groups excluding tert-OH is 1. The van der Waals surface area contributed by atoms with Gasteiger partial charge in [-0.25, -0.2) is 0 Å². The third-order valence-corrected chi connectivity index (χ3v) is 6.34. The van der Waals surface area contributed by atoms with Gasteiger partial charge in [-0.2, -0.15) is 17.0 Å². The molecule has 0 aliphatic carbocycles. The highest BCUT2D eigenvalue weighted by atomic mass is 35.5. The van der Waals surface area contributed by atoms with Crippen LogP contribution in [-0.4, -0.2) is 55.9 Å². The lowest BCUT2D eigenvalue weighted by Crippen LogP contribution is -2.51. The van der Waals surface area contributed by atoms with Gasteiger partial charge < -0.3 is 5.11 Å². The zero-order chi connectivity index (χ0) is 16.4. The molecule has 0 amide bonds. The Morgan fingerprint density at radius 2 is 2.14 bits per heavy atom. The van der Waals surface area contributed by atoms with Gasteiger partial charge in [0.2, 0.25) is 0 Å². The van der Waals surface area contributed by atoms with Gasteiger partial charge in [-0.1, -0.05) is 23.7 Å². The molecule has 7 heteroatoms. The summed E-state index contributed by atoms with van der Waals surface area (Å²) in [4.78, 5) is 0. The lowest BCUT2D eigenvalue weighted by atomic mass is 9.76. The van der Waals surface area contributed by atoms with E-state index in [9.17, 15) is 13.5 Å². The highest BCUT2D eigenvalue weighted by Gasteiger charge is 2.40. The van der Waals surface area contributed by atoms with Gasteiger partial charge in [-0.15, -0.1) is 0 Å². The predicted molar refractivity (Wildman–Crippen MR) is 88.1 cm³/mol. The van der Waals surface area contributed by atoms with Crippen LogP contribution in [0.4, 0.5) is 0 Å². The van der Waals surface area contributed by atoms with Crippen molar-refractivity contribution in [2.24, 2.45) is 5.41 Å². The summed E-state index contributed by atoms with van der Waals surface area (Å²) in [5.74, 6) is 0. The van der Waals surface area contributed by atoms with E-state index in [0.29, 0.717) is 24.5 Å². The zero-order valence-electron chi connectivity index (χ0n) is 13.0. The van der Waals surface area contributed by atoms with Crippen LogP contribution < -0.4 is 0 Å². The topological polar surface area (TPSA) is 60.9 Å². The Morgan fingerprint density at radius 1 is 1.41 bits per heavy atom. The van der Waals surface area contributed by atoms with E-state index in [1.165, 1.54) is 22.7 Å². The average Bonchev–Trinajstić information content (AvgIpc) is 2.47. The summed E-state index contributed by atoms with van der Waals surface area (Å²) in [6, 6.07) is 7.52. The molecule has 1 atom stereocenters. The Hall–Kier alpha value is -0.660. The fourth-order valence-corrected chi connectivity index (χ4v) is 4.47. The monoisotopic (exact) mass is 346 g/mol. The first-order valence-electron chi connectivity index (χ1n) is 7.32. The van der Waals surface area contributed by atoms with Crippen molar-refractivity contribution in [3.05, 3.63) is 34.9 Å². The molecule has 0 radical (unpaired) electrons. The molecule has 0 saturated carbocycles. The van der Waals surface area contributed by atoms with E-state index in [-0.39, 0.29) is 6.61 Å². The molecule has 1 fully saturated rings. The van der Waals surface area contributed by atoms with Crippen LogP contribution in [0.15, 0.2) is 24.3 Å². The van der Waals surface area contributed by atoms with Crippen LogP contribution in [0.3, 0.4) is 0 Å². The molecule has 124 valence electrons. The normalized spacial score (nSPS) is 23.9. The molecule has 1 saturated heterocycles. The summed E-state index contributed by atoms with van der Waals surface area (Å²) >= 11 is 6.02. The van der Waals surface area contributed by atoms with E-state index in [1.54, 1.807) is 6.07 Å². The van der Waals surface area contributed by atoms with Crippen molar-refractivity contribution in [1.82, 2.24) is 8.61 Å². The molecule has 2 rings (SSSR count). The summed E-state index contributed by atoms with van der Waals surface area (Å²) < 4.78 is 27.4. The third kappa shape index (κ3) is 3.81. The minimum atomic E-state index is -3.45. The first kappa shape index (κ1) is 17.7. The summed E-state index contributed by atoms with van der Waals surface area (Å²) in [5, 5.41) is 10.6. The second-order valence-electron chi connectivity index (χ2n) is 6.19. The molecule has 5 nitrogen and oxygen atoms in total. The van der Waals surface area contributed by atoms with Gasteiger partial charge in [0, 0.05) is 37.6 Å². The Balaban J connectivity index is 2.22. The first-order valence-corrected chi connectivity index (χ1v) is 9.09. The molecule has 22 heavy (non-hydrogen) atoms. The lowest BCUT2D eigenvalue weighted by molar-refractivity contribution is 0.0628. The second kappa shape index (κ2) is 6.84. The van der Waals surface area contributed by atoms with Gasteiger partial charge in [0.05, 0.1) is 6.61 Å². The van der Waals surface area contributed by atoms with Gasteiger partial charge in [-0.05, 0) is 37.0 Å². The Bertz CT molecular complexity index is 621. The van der Waals surface area contributed by atoms with Gasteiger partial charge >= 0.3 is 0 Å². The molecule has 1 heterocycles. The van der Waals surface area contributed by atoms with E-state index in [4.69, 9.17) is 11.6 Å². The van der Waals surface area contributed by atoms with Crippen LogP contribution >= 0.6 is 11.6 Å². The van der Waals surface area contributed by atoms with Crippen LogP contribution in [0.5, 0.6) is 0 Å². The number of nitrogens with zero attached hydrogens (tertiary/aromatic N) is 2. The molecular weight excluding hydrogens is 324 g/mol. The van der Waals surface area contributed by atoms with E-state index in [1.807, 2.05) is 18.2 Å². The van der Waals surface area contributed by atoms with Crippen molar-refractivity contribution in [3.8, 4) is 0 Å². The Labute approximate surface area is 137 Å². The maximum atomic E-state index is 12.3. The summed E-state index contributed by atoms with van der Waals surface area (Å²) in [6.45, 7) is 0.785. The predicted octanol–water partition coefficient (Wildman–Crippen LogP) is 1.76. The summed E-state index contributed by atoms with van der Waals surface area (Å²) in [5.41, 5.74) is 0.567. The minimum Gasteiger partial charge on any atom is -0.396 e. The highest BCUT2D eigenvalue weighted by Crippen LogP contribution is 2.35. The average molecular weight is 347 g/mol. The fraction of sp³-hybridized carbons (Fsp3) is 0.600. The Kier molecular flexibility index (Phi) is 5.50. The molecule has 0 aromatic heterocycles. The number of hydrogen-bond acceptors (Lipinski definition) is 3. The van der Waals surface area contributed by atoms with E-state index < -0.39 is 15.6 Å². The Morgan fingerprint density at radius 3 is 2.73 bits per heavy atom. The molecule has 0 spiro atoms. The molecule has 1 aliphatic rings. The largest absolute Gasteiger partial charge is 0.396 e. The van der Waals surface area contributed by atoms with Crippen molar-refractivity contribution in [2.45, 2.75) is 19.3 Å². The van der Waals surface area contributed by atoms with Crippen LogP contribution in [0.25, 0.3) is 0 Å². The van der Waals surface area contributed by atoms with Gasteiger partial charge in [-0.3, -0.25) is 0 Å². The number of halogens is 1. The van der Waals surface area contributed by atoms with E-state index in [2.05, 4.69) is 0 Å². The van der Waals surface area contributed by atoms with Crippen LogP contribution in [0, 0.1) is 5.41 Å². The number of benzene rings is 1. The van der Waals surface area contributed by atoms with Crippen LogP contribution in [-0.2, 0) is 16.6 Å². The molecular formula is C15H23ClN2O3S. The molecule has 0 unspecified atom stereocenters. The first-order chi connectivity index (χ1) is 10.3. The number of rotatable bonds is 5. The summed E-state index contributed by atoms with van der Waals surface area (Å²) in [7, 11) is -0.393. The van der Waals surface area contributed by atoms with Crippen molar-refractivity contribution in [3.63, 3.8) is 0 Å². The van der Waals surface area contributed by atoms with E-state index >= 15 is 0 Å². The standard InChI is InChI=1S/C15H23ClN2O3S/c1-17(2)22(20,21)18-8-4-7-15(11-18,12-19)10-13-5-3-6-14(16)9-13/h3,5-6,9,19H,4,7-8,10-12H2,1-2H3/t15-/m0/s1. The number of aliphatic hydroxyl groups is 1. The number of piperidine rings is 1. The molecule has 1 aliphatic heterocycles. The molecule has 0 bridgehead atoms. The second-order valence-corrected chi connectivity index (χ2v) is 8.77. The maximum absolute atomic E-state index is 12.3. The smallest absolute Gasteiger partial charge is 0.281 e. The minimum absolute atomic E-state index is 0.0427. The number of hydrogen-bond donors (Lipinski definition) is 1. The fourth-order valence-electron chi connectivity index (χ4n) is 3.00. The van der Waals surface area contributed by atoms with Gasteiger partial charge in [0.1, 0.15) is 0 Å². The van der Waals surface area contributed by atoms with Crippen molar-refractivity contribution in [2.75, 3.05) is 33.8 Å². The van der Waals surface area contributed by atoms with Gasteiger partial charge in [0.25, 0.3) is 10.2 Å². The van der Waals surface area contributed by atoms with Gasteiger partial charge in [0.15, 0.2) is 0 Å². The maximum Gasteiger partial charge on any atom is 0.281 e. The van der Waals surface area contributed by atoms with E-state index in [0.717, 1.165) is 18.4 Å². The molecule has 1 aromatic rings. The molecule has 1 N–H and O–H groups in total. The lowest BCUT2D eigenvalue weighted by Gasteiger charge is -2.42. The van der Waals surface area contributed by atoms with Crippen molar-refractivity contribution >= 4 is 21.8 Å². The molecule has 1 aromatic carbocycles. The van der Waals surface area contributed by atoms with Crippen molar-refractivity contribution in [1.29, 1.82) is 0 Å². The van der Waals surface area contributed by atoms with Crippen molar-refractivity contribution < 1.29 is 13.5 Å². The van der Waals surface area contributed by atoms with Crippen LogP contribution in [0.2, 0.25) is 5.02 Å². The SMILES string of the molecule is CN(C)S(=O)(=O)N1CCC[C@](CO)(Cc2cccc(Cl)c2)C1. The highest BCUT2D eigenvalue weighted by molar-refractivity contribution is 7.86. The quantitative estimate of drug-likeness (QED) is 0.883. The van der Waals surface area contributed by atoms with Crippen LogP contribution in [0.1, 0.15) is 18.4 Å². The summed E-state index contributed by atoms with van der Waals surface area (Å²) in [6.07, 6.45) is 2.16. The third-order valence-electron chi connectivity index (χ3n) is 4.22. The zero-order valence-corrected chi connectivity index (χ0v) is 14.6.